The number of hydrogen-bond donors (Lipinski definition) is 1. The Morgan fingerprint density at radius 3 is 2.76 bits per heavy atom. The SMILES string of the molecule is CC(C)N1CCC(Cc2ncc3c(CN)cccn23)CC1. The van der Waals surface area contributed by atoms with Crippen molar-refractivity contribution in [1.82, 2.24) is 14.3 Å². The highest BCUT2D eigenvalue weighted by atomic mass is 15.1. The van der Waals surface area contributed by atoms with Crippen molar-refractivity contribution in [3.05, 3.63) is 35.9 Å². The van der Waals surface area contributed by atoms with Crippen molar-refractivity contribution >= 4 is 5.52 Å². The maximum atomic E-state index is 5.81. The average molecular weight is 286 g/mol. The second kappa shape index (κ2) is 6.16. The molecule has 0 aliphatic carbocycles. The van der Waals surface area contributed by atoms with E-state index in [9.17, 15) is 0 Å². The topological polar surface area (TPSA) is 46.6 Å². The van der Waals surface area contributed by atoms with E-state index in [0.717, 1.165) is 17.9 Å². The predicted octanol–water partition coefficient (Wildman–Crippen LogP) is 2.46. The maximum Gasteiger partial charge on any atom is 0.113 e. The lowest BCUT2D eigenvalue weighted by Gasteiger charge is -2.34. The van der Waals surface area contributed by atoms with Crippen molar-refractivity contribution in [2.24, 2.45) is 11.7 Å². The fraction of sp³-hybridized carbons (Fsp3) is 0.588. The van der Waals surface area contributed by atoms with Crippen molar-refractivity contribution in [3.63, 3.8) is 0 Å². The molecule has 4 nitrogen and oxygen atoms in total. The highest BCUT2D eigenvalue weighted by Crippen LogP contribution is 2.23. The standard InChI is InChI=1S/C17H26N4/c1-13(2)20-8-5-14(6-9-20)10-17-19-12-16-15(11-18)4-3-7-21(16)17/h3-4,7,12-14H,5-6,8-11,18H2,1-2H3. The number of hydrogen-bond acceptors (Lipinski definition) is 3. The number of nitrogens with zero attached hydrogens (tertiary/aromatic N) is 3. The van der Waals surface area contributed by atoms with Gasteiger partial charge in [0.1, 0.15) is 5.82 Å². The molecule has 0 saturated carbocycles. The van der Waals surface area contributed by atoms with Crippen molar-refractivity contribution in [1.29, 1.82) is 0 Å². The van der Waals surface area contributed by atoms with Crippen LogP contribution in [0.1, 0.15) is 38.1 Å². The second-order valence-corrected chi connectivity index (χ2v) is 6.44. The van der Waals surface area contributed by atoms with Crippen molar-refractivity contribution < 1.29 is 0 Å². The number of imidazole rings is 1. The zero-order chi connectivity index (χ0) is 14.8. The van der Waals surface area contributed by atoms with E-state index in [0.29, 0.717) is 12.6 Å². The Balaban J connectivity index is 1.72. The summed E-state index contributed by atoms with van der Waals surface area (Å²) in [4.78, 5) is 7.22. The minimum atomic E-state index is 0.572. The summed E-state index contributed by atoms with van der Waals surface area (Å²) in [5, 5.41) is 0. The molecule has 114 valence electrons. The fourth-order valence-corrected chi connectivity index (χ4v) is 3.39. The van der Waals surface area contributed by atoms with Crippen LogP contribution in [0.25, 0.3) is 5.52 Å². The Labute approximate surface area is 127 Å². The average Bonchev–Trinajstić information content (AvgIpc) is 2.91. The van der Waals surface area contributed by atoms with Crippen LogP contribution in [0.4, 0.5) is 0 Å². The summed E-state index contributed by atoms with van der Waals surface area (Å²) in [6.07, 6.45) is 7.72. The van der Waals surface area contributed by atoms with E-state index in [1.807, 2.05) is 6.20 Å². The monoisotopic (exact) mass is 286 g/mol. The van der Waals surface area contributed by atoms with Gasteiger partial charge < -0.3 is 15.0 Å². The molecule has 2 N–H and O–H groups in total. The molecule has 0 bridgehead atoms. The van der Waals surface area contributed by atoms with Gasteiger partial charge in [-0.05, 0) is 57.3 Å². The Morgan fingerprint density at radius 2 is 2.10 bits per heavy atom. The van der Waals surface area contributed by atoms with E-state index in [1.165, 1.54) is 37.3 Å². The number of aromatic nitrogens is 2. The van der Waals surface area contributed by atoms with E-state index >= 15 is 0 Å². The van der Waals surface area contributed by atoms with Crippen LogP contribution in [0.5, 0.6) is 0 Å². The van der Waals surface area contributed by atoms with Gasteiger partial charge in [0.15, 0.2) is 0 Å². The first-order valence-electron chi connectivity index (χ1n) is 8.07. The number of fused-ring (bicyclic) bond motifs is 1. The lowest BCUT2D eigenvalue weighted by molar-refractivity contribution is 0.148. The maximum absolute atomic E-state index is 5.81. The highest BCUT2D eigenvalue weighted by molar-refractivity contribution is 5.54. The minimum absolute atomic E-state index is 0.572. The molecule has 1 aliphatic heterocycles. The van der Waals surface area contributed by atoms with Gasteiger partial charge in [-0.2, -0.15) is 0 Å². The summed E-state index contributed by atoms with van der Waals surface area (Å²) >= 11 is 0. The Bertz CT molecular complexity index is 594. The Hall–Kier alpha value is -1.39. The molecule has 1 aliphatic rings. The highest BCUT2D eigenvalue weighted by Gasteiger charge is 2.22. The summed E-state index contributed by atoms with van der Waals surface area (Å²) in [5.41, 5.74) is 8.14. The Morgan fingerprint density at radius 1 is 1.33 bits per heavy atom. The van der Waals surface area contributed by atoms with Gasteiger partial charge in [-0.25, -0.2) is 4.98 Å². The molecule has 0 aromatic carbocycles. The van der Waals surface area contributed by atoms with Gasteiger partial charge in [0.25, 0.3) is 0 Å². The summed E-state index contributed by atoms with van der Waals surface area (Å²) in [6.45, 7) is 7.59. The van der Waals surface area contributed by atoms with Crippen LogP contribution in [0.2, 0.25) is 0 Å². The van der Waals surface area contributed by atoms with E-state index in [1.54, 1.807) is 0 Å². The van der Waals surface area contributed by atoms with Crippen LogP contribution in [-0.2, 0) is 13.0 Å². The molecule has 0 amide bonds. The normalized spacial score (nSPS) is 17.9. The summed E-state index contributed by atoms with van der Waals surface area (Å²) in [6, 6.07) is 4.83. The van der Waals surface area contributed by atoms with E-state index in [-0.39, 0.29) is 0 Å². The van der Waals surface area contributed by atoms with Crippen LogP contribution >= 0.6 is 0 Å². The van der Waals surface area contributed by atoms with Gasteiger partial charge in [-0.15, -0.1) is 0 Å². The van der Waals surface area contributed by atoms with Crippen molar-refractivity contribution in [3.8, 4) is 0 Å². The van der Waals surface area contributed by atoms with Crippen molar-refractivity contribution in [2.75, 3.05) is 13.1 Å². The summed E-state index contributed by atoms with van der Waals surface area (Å²) in [7, 11) is 0. The number of likely N-dealkylation sites (tertiary alicyclic amines) is 1. The number of piperidine rings is 1. The molecular weight excluding hydrogens is 260 g/mol. The molecular formula is C17H26N4. The third-order valence-electron chi connectivity index (χ3n) is 4.81. The molecule has 2 aromatic rings. The lowest BCUT2D eigenvalue weighted by Crippen LogP contribution is -2.38. The molecule has 21 heavy (non-hydrogen) atoms. The first-order valence-corrected chi connectivity index (χ1v) is 8.07. The largest absolute Gasteiger partial charge is 0.326 e. The second-order valence-electron chi connectivity index (χ2n) is 6.44. The molecule has 1 fully saturated rings. The number of nitrogens with two attached hydrogens (primary N) is 1. The molecule has 1 saturated heterocycles. The van der Waals surface area contributed by atoms with E-state index in [2.05, 4.69) is 46.5 Å². The summed E-state index contributed by atoms with van der Waals surface area (Å²) < 4.78 is 2.22. The van der Waals surface area contributed by atoms with Gasteiger partial charge in [-0.3, -0.25) is 0 Å². The van der Waals surface area contributed by atoms with Crippen LogP contribution in [0.15, 0.2) is 24.5 Å². The van der Waals surface area contributed by atoms with Crippen LogP contribution in [0.3, 0.4) is 0 Å². The predicted molar refractivity (Wildman–Crippen MR) is 86.2 cm³/mol. The lowest BCUT2D eigenvalue weighted by atomic mass is 9.92. The third kappa shape index (κ3) is 2.97. The van der Waals surface area contributed by atoms with E-state index in [4.69, 9.17) is 5.73 Å². The third-order valence-corrected chi connectivity index (χ3v) is 4.81. The van der Waals surface area contributed by atoms with Gasteiger partial charge in [0.05, 0.1) is 11.7 Å². The van der Waals surface area contributed by atoms with Crippen LogP contribution in [-0.4, -0.2) is 33.4 Å². The first kappa shape index (κ1) is 14.5. The van der Waals surface area contributed by atoms with Gasteiger partial charge in [0, 0.05) is 25.2 Å². The zero-order valence-corrected chi connectivity index (χ0v) is 13.1. The fourth-order valence-electron chi connectivity index (χ4n) is 3.39. The first-order chi connectivity index (χ1) is 10.2. The molecule has 4 heteroatoms. The molecule has 2 aromatic heterocycles. The minimum Gasteiger partial charge on any atom is -0.326 e. The van der Waals surface area contributed by atoms with Gasteiger partial charge >= 0.3 is 0 Å². The van der Waals surface area contributed by atoms with Crippen molar-refractivity contribution in [2.45, 2.75) is 45.7 Å². The molecule has 3 heterocycles. The number of rotatable bonds is 4. The molecule has 0 spiro atoms. The molecule has 0 radical (unpaired) electrons. The summed E-state index contributed by atoms with van der Waals surface area (Å²) in [5.74, 6) is 1.94. The molecule has 0 unspecified atom stereocenters. The number of pyridine rings is 1. The van der Waals surface area contributed by atoms with Gasteiger partial charge in [0.2, 0.25) is 0 Å². The van der Waals surface area contributed by atoms with Crippen LogP contribution in [0, 0.1) is 5.92 Å². The Kier molecular flexibility index (Phi) is 4.27. The van der Waals surface area contributed by atoms with E-state index < -0.39 is 0 Å². The van der Waals surface area contributed by atoms with Crippen LogP contribution < -0.4 is 5.73 Å². The quantitative estimate of drug-likeness (QED) is 0.939. The van der Waals surface area contributed by atoms with Gasteiger partial charge in [-0.1, -0.05) is 6.07 Å². The zero-order valence-electron chi connectivity index (χ0n) is 13.1. The molecule has 0 atom stereocenters. The smallest absolute Gasteiger partial charge is 0.113 e. The molecule has 3 rings (SSSR count).